The van der Waals surface area contributed by atoms with Gasteiger partial charge in [0.25, 0.3) is 0 Å². The molecular formula is C30H28F3N7OS. The summed E-state index contributed by atoms with van der Waals surface area (Å²) in [5.74, 6) is 0.928. The van der Waals surface area contributed by atoms with Gasteiger partial charge in [0, 0.05) is 23.7 Å². The van der Waals surface area contributed by atoms with Gasteiger partial charge in [-0.05, 0) is 54.3 Å². The maximum absolute atomic E-state index is 12.5. The van der Waals surface area contributed by atoms with Crippen LogP contribution in [-0.2, 0) is 0 Å². The average molecular weight is 592 g/mol. The van der Waals surface area contributed by atoms with E-state index in [0.29, 0.717) is 23.4 Å². The van der Waals surface area contributed by atoms with Crippen LogP contribution in [0.3, 0.4) is 0 Å². The van der Waals surface area contributed by atoms with Gasteiger partial charge in [0.2, 0.25) is 10.7 Å². The minimum Gasteiger partial charge on any atom is -0.406 e. The van der Waals surface area contributed by atoms with Gasteiger partial charge in [-0.15, -0.1) is 34.7 Å². The first-order valence-electron chi connectivity index (χ1n) is 13.1. The Labute approximate surface area is 244 Å². The number of nitrogens with zero attached hydrogens (tertiary/aromatic N) is 6. The summed E-state index contributed by atoms with van der Waals surface area (Å²) in [6, 6.07) is 21.2. The zero-order valence-corrected chi connectivity index (χ0v) is 24.1. The maximum Gasteiger partial charge on any atom is 0.573 e. The van der Waals surface area contributed by atoms with Crippen molar-refractivity contribution in [2.24, 2.45) is 10.2 Å². The Bertz CT molecular complexity index is 1770. The molecule has 0 saturated heterocycles. The lowest BCUT2D eigenvalue weighted by molar-refractivity contribution is -0.274. The van der Waals surface area contributed by atoms with Crippen molar-refractivity contribution in [2.45, 2.75) is 33.1 Å². The van der Waals surface area contributed by atoms with E-state index in [4.69, 9.17) is 0 Å². The number of aryl methyl sites for hydroxylation is 1. The van der Waals surface area contributed by atoms with E-state index in [9.17, 15) is 13.2 Å². The first-order chi connectivity index (χ1) is 20.1. The predicted octanol–water partition coefficient (Wildman–Crippen LogP) is 7.09. The highest BCUT2D eigenvalue weighted by molar-refractivity contribution is 7.07. The predicted molar refractivity (Wildman–Crippen MR) is 159 cm³/mol. The van der Waals surface area contributed by atoms with Crippen molar-refractivity contribution in [3.05, 3.63) is 99.8 Å². The van der Waals surface area contributed by atoms with E-state index in [1.807, 2.05) is 36.4 Å². The molecule has 0 atom stereocenters. The average Bonchev–Trinajstić information content (AvgIpc) is 3.56. The smallest absolute Gasteiger partial charge is 0.406 e. The number of alkyl halides is 3. The third-order valence-electron chi connectivity index (χ3n) is 6.34. The van der Waals surface area contributed by atoms with Gasteiger partial charge in [-0.25, -0.2) is 0 Å². The Morgan fingerprint density at radius 1 is 1.00 bits per heavy atom. The van der Waals surface area contributed by atoms with Crippen molar-refractivity contribution in [3.8, 4) is 28.5 Å². The number of hydrogen-bond acceptors (Lipinski definition) is 7. The molecule has 1 N–H and O–H groups in total. The second-order valence-corrected chi connectivity index (χ2v) is 10.5. The molecule has 0 aliphatic heterocycles. The molecule has 0 amide bonds. The molecule has 2 heterocycles. The summed E-state index contributed by atoms with van der Waals surface area (Å²) in [4.78, 5) is 5.30. The number of para-hydroxylation sites is 1. The van der Waals surface area contributed by atoms with Crippen molar-refractivity contribution >= 4 is 23.5 Å². The Balaban J connectivity index is 1.36. The van der Waals surface area contributed by atoms with Crippen LogP contribution >= 0.6 is 11.3 Å². The molecule has 2 aromatic heterocycles. The summed E-state index contributed by atoms with van der Waals surface area (Å²) in [5.41, 5.74) is 5.56. The second kappa shape index (κ2) is 12.0. The van der Waals surface area contributed by atoms with Gasteiger partial charge in [0.1, 0.15) is 5.75 Å². The summed E-state index contributed by atoms with van der Waals surface area (Å²) in [6.45, 7) is 6.41. The zero-order valence-electron chi connectivity index (χ0n) is 23.3. The fraction of sp³-hybridized carbons (Fsp3) is 0.200. The minimum atomic E-state index is -4.76. The SMILES string of the molecule is CNc1nc(-c2ccc(C=NN=c3scc(C)n3-c3ccccc3C(C)C)cc2)nn1-c1ccc(OC(F)(F)F)cc1. The monoisotopic (exact) mass is 591 g/mol. The second-order valence-electron chi connectivity index (χ2n) is 9.64. The number of halogens is 3. The first-order valence-corrected chi connectivity index (χ1v) is 14.0. The highest BCUT2D eigenvalue weighted by Crippen LogP contribution is 2.26. The molecule has 0 saturated carbocycles. The largest absolute Gasteiger partial charge is 0.573 e. The fourth-order valence-corrected chi connectivity index (χ4v) is 5.19. The normalized spacial score (nSPS) is 12.4. The van der Waals surface area contributed by atoms with Gasteiger partial charge < -0.3 is 10.1 Å². The van der Waals surface area contributed by atoms with Crippen LogP contribution in [0.5, 0.6) is 5.75 Å². The van der Waals surface area contributed by atoms with Gasteiger partial charge in [-0.2, -0.15) is 14.8 Å². The van der Waals surface area contributed by atoms with E-state index in [1.165, 1.54) is 45.8 Å². The molecule has 3 aromatic carbocycles. The van der Waals surface area contributed by atoms with Crippen molar-refractivity contribution in [2.75, 3.05) is 12.4 Å². The number of aromatic nitrogens is 4. The quantitative estimate of drug-likeness (QED) is 0.154. The van der Waals surface area contributed by atoms with E-state index in [-0.39, 0.29) is 5.75 Å². The highest BCUT2D eigenvalue weighted by atomic mass is 32.1. The highest BCUT2D eigenvalue weighted by Gasteiger charge is 2.31. The van der Waals surface area contributed by atoms with Gasteiger partial charge in [-0.1, -0.05) is 56.3 Å². The molecule has 5 aromatic rings. The summed E-state index contributed by atoms with van der Waals surface area (Å²) in [5, 5.41) is 18.4. The van der Waals surface area contributed by atoms with Crippen molar-refractivity contribution in [1.82, 2.24) is 19.3 Å². The third-order valence-corrected chi connectivity index (χ3v) is 7.28. The zero-order chi connectivity index (χ0) is 29.9. The van der Waals surface area contributed by atoms with Crippen LogP contribution in [0.2, 0.25) is 0 Å². The molecule has 0 bridgehead atoms. The number of nitrogens with one attached hydrogen (secondary N) is 1. The standard InChI is InChI=1S/C30H28F3N7OS/c1-19(2)25-7-5-6-8-26(25)39-20(3)18-42-29(39)37-35-17-21-9-11-22(12-10-21)27-36-28(34-4)40(38-27)23-13-15-24(16-14-23)41-30(31,32)33/h5-19H,1-4H3,(H,34,36,38). The molecule has 0 radical (unpaired) electrons. The number of rotatable bonds is 8. The molecule has 0 aliphatic rings. The Morgan fingerprint density at radius 3 is 2.38 bits per heavy atom. The molecular weight excluding hydrogens is 563 g/mol. The number of hydrogen-bond donors (Lipinski definition) is 1. The molecule has 12 heteroatoms. The van der Waals surface area contributed by atoms with Crippen molar-refractivity contribution < 1.29 is 17.9 Å². The molecule has 0 unspecified atom stereocenters. The lowest BCUT2D eigenvalue weighted by atomic mass is 10.0. The van der Waals surface area contributed by atoms with Crippen LogP contribution in [0.1, 0.15) is 36.6 Å². The number of benzene rings is 3. The van der Waals surface area contributed by atoms with E-state index >= 15 is 0 Å². The van der Waals surface area contributed by atoms with E-state index in [2.05, 4.69) is 73.2 Å². The Hall–Kier alpha value is -4.71. The van der Waals surface area contributed by atoms with Crippen LogP contribution in [-0.4, -0.2) is 39.0 Å². The number of thiazole rings is 1. The molecule has 0 aliphatic carbocycles. The van der Waals surface area contributed by atoms with Gasteiger partial charge >= 0.3 is 6.36 Å². The van der Waals surface area contributed by atoms with Crippen LogP contribution in [0.25, 0.3) is 22.8 Å². The summed E-state index contributed by atoms with van der Waals surface area (Å²) in [7, 11) is 1.69. The maximum atomic E-state index is 12.5. The van der Waals surface area contributed by atoms with Gasteiger partial charge in [-0.3, -0.25) is 4.57 Å². The Morgan fingerprint density at radius 2 is 1.71 bits per heavy atom. The molecule has 5 rings (SSSR count). The molecule has 0 spiro atoms. The lowest BCUT2D eigenvalue weighted by Gasteiger charge is -2.14. The van der Waals surface area contributed by atoms with E-state index in [0.717, 1.165) is 27.3 Å². The Kier molecular flexibility index (Phi) is 8.25. The molecule has 0 fully saturated rings. The summed E-state index contributed by atoms with van der Waals surface area (Å²) in [6.07, 6.45) is -3.07. The topological polar surface area (TPSA) is 81.6 Å². The van der Waals surface area contributed by atoms with Crippen molar-refractivity contribution in [1.29, 1.82) is 0 Å². The first kappa shape index (κ1) is 28.8. The molecule has 216 valence electrons. The third kappa shape index (κ3) is 6.44. The molecule has 42 heavy (non-hydrogen) atoms. The van der Waals surface area contributed by atoms with E-state index < -0.39 is 6.36 Å². The lowest BCUT2D eigenvalue weighted by Crippen LogP contribution is -2.17. The summed E-state index contributed by atoms with van der Waals surface area (Å²) < 4.78 is 45.1. The number of anilines is 1. The van der Waals surface area contributed by atoms with Crippen LogP contribution in [0.15, 0.2) is 88.4 Å². The van der Waals surface area contributed by atoms with Gasteiger partial charge in [0.15, 0.2) is 5.82 Å². The minimum absolute atomic E-state index is 0.314. The van der Waals surface area contributed by atoms with Crippen molar-refractivity contribution in [3.63, 3.8) is 0 Å². The molecule has 8 nitrogen and oxygen atoms in total. The van der Waals surface area contributed by atoms with Gasteiger partial charge in [0.05, 0.1) is 17.6 Å². The van der Waals surface area contributed by atoms with E-state index in [1.54, 1.807) is 13.3 Å². The number of ether oxygens (including phenoxy) is 1. The summed E-state index contributed by atoms with van der Waals surface area (Å²) >= 11 is 1.53. The van der Waals surface area contributed by atoms with Crippen LogP contribution in [0.4, 0.5) is 19.1 Å². The van der Waals surface area contributed by atoms with Crippen LogP contribution in [0, 0.1) is 6.92 Å². The fourth-order valence-electron chi connectivity index (χ4n) is 4.36. The van der Waals surface area contributed by atoms with Crippen LogP contribution < -0.4 is 14.9 Å².